The van der Waals surface area contributed by atoms with Gasteiger partial charge in [-0.15, -0.1) is 0 Å². The van der Waals surface area contributed by atoms with Crippen molar-refractivity contribution in [3.8, 4) is 5.88 Å². The van der Waals surface area contributed by atoms with Crippen LogP contribution in [-0.2, 0) is 6.42 Å². The molecule has 0 saturated heterocycles. The fourth-order valence-electron chi connectivity index (χ4n) is 1.57. The Hall–Kier alpha value is -1.94. The van der Waals surface area contributed by atoms with Crippen LogP contribution in [0.5, 0.6) is 5.88 Å². The van der Waals surface area contributed by atoms with Crippen molar-refractivity contribution in [2.75, 3.05) is 7.11 Å². The van der Waals surface area contributed by atoms with Gasteiger partial charge in [0.05, 0.1) is 25.1 Å². The number of rotatable bonds is 4. The summed E-state index contributed by atoms with van der Waals surface area (Å²) < 4.78 is 4.99. The summed E-state index contributed by atoms with van der Waals surface area (Å²) in [5.74, 6) is 0.461. The molecule has 0 radical (unpaired) electrons. The predicted molar refractivity (Wildman–Crippen MR) is 63.7 cm³/mol. The van der Waals surface area contributed by atoms with Gasteiger partial charge in [-0.25, -0.2) is 4.98 Å². The van der Waals surface area contributed by atoms with Gasteiger partial charge in [-0.3, -0.25) is 4.98 Å². The second-order valence-corrected chi connectivity index (χ2v) is 3.68. The van der Waals surface area contributed by atoms with E-state index in [4.69, 9.17) is 4.74 Å². The fraction of sp³-hybridized carbons (Fsp3) is 0.231. The maximum atomic E-state index is 10.0. The highest BCUT2D eigenvalue weighted by atomic mass is 16.5. The van der Waals surface area contributed by atoms with Crippen LogP contribution in [0.3, 0.4) is 0 Å². The topological polar surface area (TPSA) is 55.2 Å². The van der Waals surface area contributed by atoms with Crippen molar-refractivity contribution in [1.82, 2.24) is 9.97 Å². The van der Waals surface area contributed by atoms with Crippen molar-refractivity contribution in [2.45, 2.75) is 12.5 Å². The fourth-order valence-corrected chi connectivity index (χ4v) is 1.57. The van der Waals surface area contributed by atoms with Crippen molar-refractivity contribution in [1.29, 1.82) is 0 Å². The van der Waals surface area contributed by atoms with Crippen molar-refractivity contribution < 1.29 is 9.84 Å². The quantitative estimate of drug-likeness (QED) is 0.869. The summed E-state index contributed by atoms with van der Waals surface area (Å²) in [5.41, 5.74) is 1.58. The molecule has 2 rings (SSSR count). The summed E-state index contributed by atoms with van der Waals surface area (Å²) in [6.45, 7) is 0. The highest BCUT2D eigenvalue weighted by molar-refractivity contribution is 5.19. The first-order chi connectivity index (χ1) is 8.29. The third kappa shape index (κ3) is 3.01. The Balaban J connectivity index is 2.10. The van der Waals surface area contributed by atoms with E-state index in [1.54, 1.807) is 19.5 Å². The summed E-state index contributed by atoms with van der Waals surface area (Å²) in [6, 6.07) is 9.49. The standard InChI is InChI=1S/C13H14N2O2/c1-17-13-9-14-8-11(15-13)7-12(16)10-5-3-2-4-6-10/h2-6,8-9,12,16H,7H2,1H3. The van der Waals surface area contributed by atoms with E-state index in [2.05, 4.69) is 9.97 Å². The molecule has 0 fully saturated rings. The maximum absolute atomic E-state index is 10.0. The minimum absolute atomic E-state index is 0.425. The van der Waals surface area contributed by atoms with E-state index < -0.39 is 6.10 Å². The Morgan fingerprint density at radius 2 is 2.00 bits per heavy atom. The number of aliphatic hydroxyl groups is 1. The van der Waals surface area contributed by atoms with E-state index in [0.717, 1.165) is 5.56 Å². The molecule has 0 bridgehead atoms. The average Bonchev–Trinajstić information content (AvgIpc) is 2.40. The number of hydrogen-bond donors (Lipinski definition) is 1. The van der Waals surface area contributed by atoms with Gasteiger partial charge in [0.2, 0.25) is 5.88 Å². The van der Waals surface area contributed by atoms with Crippen LogP contribution in [0.2, 0.25) is 0 Å². The molecular formula is C13H14N2O2. The van der Waals surface area contributed by atoms with Crippen LogP contribution in [0.25, 0.3) is 0 Å². The molecular weight excluding hydrogens is 216 g/mol. The second-order valence-electron chi connectivity index (χ2n) is 3.68. The third-order valence-corrected chi connectivity index (χ3v) is 2.46. The molecule has 4 nitrogen and oxygen atoms in total. The number of aliphatic hydroxyl groups excluding tert-OH is 1. The highest BCUT2D eigenvalue weighted by Gasteiger charge is 2.09. The Labute approximate surface area is 99.9 Å². The van der Waals surface area contributed by atoms with Gasteiger partial charge < -0.3 is 9.84 Å². The van der Waals surface area contributed by atoms with Crippen molar-refractivity contribution in [3.05, 3.63) is 54.0 Å². The lowest BCUT2D eigenvalue weighted by Gasteiger charge is -2.10. The number of nitrogens with zero attached hydrogens (tertiary/aromatic N) is 2. The highest BCUT2D eigenvalue weighted by Crippen LogP contribution is 2.17. The molecule has 1 unspecified atom stereocenters. The molecule has 0 saturated carbocycles. The van der Waals surface area contributed by atoms with E-state index >= 15 is 0 Å². The van der Waals surface area contributed by atoms with E-state index in [9.17, 15) is 5.11 Å². The first-order valence-electron chi connectivity index (χ1n) is 5.37. The summed E-state index contributed by atoms with van der Waals surface area (Å²) in [6.07, 6.45) is 3.03. The number of hydrogen-bond acceptors (Lipinski definition) is 4. The lowest BCUT2D eigenvalue weighted by Crippen LogP contribution is -2.04. The van der Waals surface area contributed by atoms with Gasteiger partial charge in [0.1, 0.15) is 0 Å². The van der Waals surface area contributed by atoms with Gasteiger partial charge in [0.15, 0.2) is 0 Å². The average molecular weight is 230 g/mol. The molecule has 0 spiro atoms. The zero-order chi connectivity index (χ0) is 12.1. The van der Waals surface area contributed by atoms with Crippen LogP contribution in [-0.4, -0.2) is 22.2 Å². The van der Waals surface area contributed by atoms with E-state index in [0.29, 0.717) is 18.0 Å². The molecule has 1 aromatic carbocycles. The molecule has 2 aromatic rings. The Morgan fingerprint density at radius 3 is 2.71 bits per heavy atom. The lowest BCUT2D eigenvalue weighted by molar-refractivity contribution is 0.177. The molecule has 1 aromatic heterocycles. The van der Waals surface area contributed by atoms with E-state index in [1.165, 1.54) is 0 Å². The molecule has 1 heterocycles. The van der Waals surface area contributed by atoms with Crippen molar-refractivity contribution in [2.24, 2.45) is 0 Å². The van der Waals surface area contributed by atoms with Crippen molar-refractivity contribution in [3.63, 3.8) is 0 Å². The normalized spacial score (nSPS) is 12.1. The minimum Gasteiger partial charge on any atom is -0.480 e. The maximum Gasteiger partial charge on any atom is 0.232 e. The Kier molecular flexibility index (Phi) is 3.67. The SMILES string of the molecule is COc1cncc(CC(O)c2ccccc2)n1. The molecule has 0 aliphatic carbocycles. The van der Waals surface area contributed by atoms with Crippen molar-refractivity contribution >= 4 is 0 Å². The van der Waals surface area contributed by atoms with Crippen LogP contribution in [0.1, 0.15) is 17.4 Å². The minimum atomic E-state index is -0.572. The van der Waals surface area contributed by atoms with Crippen LogP contribution in [0.4, 0.5) is 0 Å². The molecule has 1 atom stereocenters. The number of ether oxygens (including phenoxy) is 1. The molecule has 4 heteroatoms. The van der Waals surface area contributed by atoms with Crippen LogP contribution < -0.4 is 4.74 Å². The molecule has 0 aliphatic rings. The van der Waals surface area contributed by atoms with Gasteiger partial charge in [-0.1, -0.05) is 30.3 Å². The zero-order valence-electron chi connectivity index (χ0n) is 9.58. The van der Waals surface area contributed by atoms with Gasteiger partial charge in [0, 0.05) is 12.6 Å². The number of methoxy groups -OCH3 is 1. The molecule has 0 aliphatic heterocycles. The van der Waals surface area contributed by atoms with Crippen LogP contribution >= 0.6 is 0 Å². The van der Waals surface area contributed by atoms with Gasteiger partial charge in [-0.2, -0.15) is 0 Å². The second kappa shape index (κ2) is 5.41. The Morgan fingerprint density at radius 1 is 1.24 bits per heavy atom. The first kappa shape index (κ1) is 11.5. The zero-order valence-corrected chi connectivity index (χ0v) is 9.58. The molecule has 0 amide bonds. The Bertz CT molecular complexity index is 474. The van der Waals surface area contributed by atoms with Crippen LogP contribution in [0, 0.1) is 0 Å². The summed E-state index contributed by atoms with van der Waals surface area (Å²) >= 11 is 0. The predicted octanol–water partition coefficient (Wildman–Crippen LogP) is 1.76. The van der Waals surface area contributed by atoms with E-state index in [-0.39, 0.29) is 0 Å². The summed E-state index contributed by atoms with van der Waals surface area (Å²) in [7, 11) is 1.54. The summed E-state index contributed by atoms with van der Waals surface area (Å²) in [4.78, 5) is 8.22. The number of benzene rings is 1. The molecule has 17 heavy (non-hydrogen) atoms. The largest absolute Gasteiger partial charge is 0.480 e. The van der Waals surface area contributed by atoms with Gasteiger partial charge in [0.25, 0.3) is 0 Å². The van der Waals surface area contributed by atoms with Gasteiger partial charge >= 0.3 is 0 Å². The molecule has 1 N–H and O–H groups in total. The van der Waals surface area contributed by atoms with E-state index in [1.807, 2.05) is 30.3 Å². The third-order valence-electron chi connectivity index (χ3n) is 2.46. The summed E-state index contributed by atoms with van der Waals surface area (Å²) in [5, 5.41) is 10.0. The first-order valence-corrected chi connectivity index (χ1v) is 5.37. The smallest absolute Gasteiger partial charge is 0.232 e. The monoisotopic (exact) mass is 230 g/mol. The van der Waals surface area contributed by atoms with Gasteiger partial charge in [-0.05, 0) is 5.56 Å². The lowest BCUT2D eigenvalue weighted by atomic mass is 10.1. The number of aromatic nitrogens is 2. The van der Waals surface area contributed by atoms with Crippen LogP contribution in [0.15, 0.2) is 42.7 Å². The molecule has 88 valence electrons.